The first-order valence-electron chi connectivity index (χ1n) is 5.46. The third-order valence-electron chi connectivity index (χ3n) is 2.38. The highest BCUT2D eigenvalue weighted by atomic mass is 35.5. The molecule has 1 amide bonds. The number of benzene rings is 1. The molecule has 3 N–H and O–H groups in total. The quantitative estimate of drug-likeness (QED) is 0.810. The zero-order valence-electron chi connectivity index (χ0n) is 11.2. The van der Waals surface area contributed by atoms with Crippen LogP contribution in [0.5, 0.6) is 17.2 Å². The molecule has 0 aliphatic heterocycles. The lowest BCUT2D eigenvalue weighted by atomic mass is 10.1. The van der Waals surface area contributed by atoms with Gasteiger partial charge in [0.2, 0.25) is 0 Å². The Kier molecular flexibility index (Phi) is 7.71. The lowest BCUT2D eigenvalue weighted by Gasteiger charge is -2.13. The standard InChI is InChI=1S/C12H18N2O4.ClH/c1-16-9-7-11(18-3)10(17-2)6-8(9)12(15)14-5-4-13;/h6-7H,4-5,13H2,1-3H3,(H,14,15);1H. The van der Waals surface area contributed by atoms with Crippen molar-refractivity contribution < 1.29 is 19.0 Å². The Morgan fingerprint density at radius 2 is 1.63 bits per heavy atom. The number of amides is 1. The van der Waals surface area contributed by atoms with Crippen LogP contribution in [0.1, 0.15) is 10.4 Å². The van der Waals surface area contributed by atoms with E-state index >= 15 is 0 Å². The van der Waals surface area contributed by atoms with Crippen molar-refractivity contribution in [3.05, 3.63) is 17.7 Å². The first-order valence-corrected chi connectivity index (χ1v) is 5.46. The van der Waals surface area contributed by atoms with Gasteiger partial charge < -0.3 is 25.3 Å². The lowest BCUT2D eigenvalue weighted by molar-refractivity contribution is 0.0951. The number of carbonyl (C=O) groups is 1. The minimum atomic E-state index is -0.266. The van der Waals surface area contributed by atoms with E-state index in [9.17, 15) is 4.79 Å². The molecule has 6 nitrogen and oxygen atoms in total. The van der Waals surface area contributed by atoms with Gasteiger partial charge in [0.25, 0.3) is 5.91 Å². The van der Waals surface area contributed by atoms with Gasteiger partial charge in [-0.1, -0.05) is 0 Å². The van der Waals surface area contributed by atoms with Gasteiger partial charge in [0, 0.05) is 25.2 Å². The molecule has 0 bridgehead atoms. The van der Waals surface area contributed by atoms with Crippen molar-refractivity contribution in [2.75, 3.05) is 34.4 Å². The largest absolute Gasteiger partial charge is 0.496 e. The van der Waals surface area contributed by atoms with Gasteiger partial charge in [0.05, 0.1) is 26.9 Å². The number of hydrogen-bond donors (Lipinski definition) is 2. The highest BCUT2D eigenvalue weighted by Crippen LogP contribution is 2.34. The van der Waals surface area contributed by atoms with E-state index in [0.29, 0.717) is 35.9 Å². The Morgan fingerprint density at radius 1 is 1.11 bits per heavy atom. The lowest BCUT2D eigenvalue weighted by Crippen LogP contribution is -2.29. The summed E-state index contributed by atoms with van der Waals surface area (Å²) in [7, 11) is 4.51. The number of nitrogens with two attached hydrogens (primary N) is 1. The smallest absolute Gasteiger partial charge is 0.255 e. The van der Waals surface area contributed by atoms with Crippen LogP contribution >= 0.6 is 12.4 Å². The number of rotatable bonds is 6. The molecule has 0 saturated heterocycles. The predicted octanol–water partition coefficient (Wildman–Crippen LogP) is 0.823. The molecule has 0 fully saturated rings. The number of methoxy groups -OCH3 is 3. The SMILES string of the molecule is COc1cc(OC)c(C(=O)NCCN)cc1OC.Cl. The molecule has 0 aliphatic carbocycles. The molecule has 19 heavy (non-hydrogen) atoms. The Labute approximate surface area is 118 Å². The van der Waals surface area contributed by atoms with Gasteiger partial charge in [-0.15, -0.1) is 12.4 Å². The monoisotopic (exact) mass is 290 g/mol. The summed E-state index contributed by atoms with van der Waals surface area (Å²) >= 11 is 0. The van der Waals surface area contributed by atoms with Gasteiger partial charge in [-0.2, -0.15) is 0 Å². The molecular weight excluding hydrogens is 272 g/mol. The molecule has 1 aromatic rings. The third kappa shape index (κ3) is 4.18. The van der Waals surface area contributed by atoms with E-state index in [-0.39, 0.29) is 18.3 Å². The summed E-state index contributed by atoms with van der Waals surface area (Å²) in [5, 5.41) is 2.67. The molecule has 0 heterocycles. The van der Waals surface area contributed by atoms with Crippen molar-refractivity contribution in [1.29, 1.82) is 0 Å². The number of carbonyl (C=O) groups excluding carboxylic acids is 1. The van der Waals surface area contributed by atoms with Crippen LogP contribution in [0.3, 0.4) is 0 Å². The zero-order chi connectivity index (χ0) is 13.5. The number of nitrogens with one attached hydrogen (secondary N) is 1. The van der Waals surface area contributed by atoms with E-state index < -0.39 is 0 Å². The summed E-state index contributed by atoms with van der Waals surface area (Å²) in [5.74, 6) is 1.13. The van der Waals surface area contributed by atoms with E-state index in [1.807, 2.05) is 0 Å². The highest BCUT2D eigenvalue weighted by molar-refractivity contribution is 5.97. The van der Waals surface area contributed by atoms with Crippen molar-refractivity contribution in [2.24, 2.45) is 5.73 Å². The predicted molar refractivity (Wildman–Crippen MR) is 74.7 cm³/mol. The highest BCUT2D eigenvalue weighted by Gasteiger charge is 2.17. The van der Waals surface area contributed by atoms with Gasteiger partial charge >= 0.3 is 0 Å². The Morgan fingerprint density at radius 3 is 2.11 bits per heavy atom. The summed E-state index contributed by atoms with van der Waals surface area (Å²) in [6, 6.07) is 3.18. The summed E-state index contributed by atoms with van der Waals surface area (Å²) in [5.41, 5.74) is 5.71. The van der Waals surface area contributed by atoms with Crippen LogP contribution in [0.2, 0.25) is 0 Å². The van der Waals surface area contributed by atoms with Crippen molar-refractivity contribution in [3.63, 3.8) is 0 Å². The fourth-order valence-corrected chi connectivity index (χ4v) is 1.49. The second-order valence-corrected chi connectivity index (χ2v) is 3.45. The fourth-order valence-electron chi connectivity index (χ4n) is 1.49. The average molecular weight is 291 g/mol. The fraction of sp³-hybridized carbons (Fsp3) is 0.417. The van der Waals surface area contributed by atoms with Gasteiger partial charge in [0.1, 0.15) is 5.75 Å². The number of halogens is 1. The first kappa shape index (κ1) is 17.3. The van der Waals surface area contributed by atoms with Gasteiger partial charge in [-0.25, -0.2) is 0 Å². The van der Waals surface area contributed by atoms with Gasteiger partial charge in [-0.05, 0) is 0 Å². The maximum Gasteiger partial charge on any atom is 0.255 e. The van der Waals surface area contributed by atoms with Crippen molar-refractivity contribution in [1.82, 2.24) is 5.32 Å². The number of hydrogen-bond acceptors (Lipinski definition) is 5. The van der Waals surface area contributed by atoms with Gasteiger partial charge in [0.15, 0.2) is 11.5 Å². The van der Waals surface area contributed by atoms with E-state index in [2.05, 4.69) is 5.32 Å². The van der Waals surface area contributed by atoms with Crippen molar-refractivity contribution in [2.45, 2.75) is 0 Å². The molecule has 0 unspecified atom stereocenters. The van der Waals surface area contributed by atoms with Crippen LogP contribution in [0.15, 0.2) is 12.1 Å². The summed E-state index contributed by atoms with van der Waals surface area (Å²) in [4.78, 5) is 11.9. The second kappa shape index (κ2) is 8.44. The van der Waals surface area contributed by atoms with Crippen LogP contribution < -0.4 is 25.3 Å². The van der Waals surface area contributed by atoms with Crippen LogP contribution in [0, 0.1) is 0 Å². The Bertz CT molecular complexity index is 426. The van der Waals surface area contributed by atoms with Crippen LogP contribution in [-0.4, -0.2) is 40.3 Å². The van der Waals surface area contributed by atoms with E-state index in [0.717, 1.165) is 0 Å². The van der Waals surface area contributed by atoms with E-state index in [4.69, 9.17) is 19.9 Å². The summed E-state index contributed by atoms with van der Waals surface area (Å²) < 4.78 is 15.4. The van der Waals surface area contributed by atoms with Crippen LogP contribution in [0.25, 0.3) is 0 Å². The average Bonchev–Trinajstić information content (AvgIpc) is 2.42. The van der Waals surface area contributed by atoms with E-state index in [1.54, 1.807) is 12.1 Å². The maximum atomic E-state index is 11.9. The Hall–Kier alpha value is -1.66. The molecular formula is C12H19ClN2O4. The van der Waals surface area contributed by atoms with Crippen molar-refractivity contribution >= 4 is 18.3 Å². The molecule has 108 valence electrons. The van der Waals surface area contributed by atoms with Gasteiger partial charge in [-0.3, -0.25) is 4.79 Å². The number of ether oxygens (including phenoxy) is 3. The molecule has 1 rings (SSSR count). The normalized spacial score (nSPS) is 9.26. The molecule has 0 atom stereocenters. The Balaban J connectivity index is 0.00000324. The minimum absolute atomic E-state index is 0. The summed E-state index contributed by atoms with van der Waals surface area (Å²) in [6.07, 6.45) is 0. The molecule has 0 saturated carbocycles. The van der Waals surface area contributed by atoms with Crippen molar-refractivity contribution in [3.8, 4) is 17.2 Å². The molecule has 0 spiro atoms. The maximum absolute atomic E-state index is 11.9. The topological polar surface area (TPSA) is 82.8 Å². The zero-order valence-corrected chi connectivity index (χ0v) is 12.0. The minimum Gasteiger partial charge on any atom is -0.496 e. The van der Waals surface area contributed by atoms with Crippen LogP contribution in [0.4, 0.5) is 0 Å². The molecule has 0 aliphatic rings. The summed E-state index contributed by atoms with van der Waals surface area (Å²) in [6.45, 7) is 0.775. The third-order valence-corrected chi connectivity index (χ3v) is 2.38. The van der Waals surface area contributed by atoms with Crippen LogP contribution in [-0.2, 0) is 0 Å². The molecule has 1 aromatic carbocycles. The first-order chi connectivity index (χ1) is 8.67. The molecule has 0 radical (unpaired) electrons. The molecule has 7 heteroatoms. The molecule has 0 aromatic heterocycles. The second-order valence-electron chi connectivity index (χ2n) is 3.45. The van der Waals surface area contributed by atoms with E-state index in [1.165, 1.54) is 21.3 Å².